The summed E-state index contributed by atoms with van der Waals surface area (Å²) in [5.74, 6) is 1.12. The van der Waals surface area contributed by atoms with Crippen LogP contribution in [-0.4, -0.2) is 33.3 Å². The number of H-pyrrole nitrogens is 1. The van der Waals surface area contributed by atoms with E-state index >= 15 is 0 Å². The fourth-order valence-electron chi connectivity index (χ4n) is 1.29. The number of rotatable bonds is 4. The molecule has 6 heteroatoms. The van der Waals surface area contributed by atoms with Crippen LogP contribution in [0.3, 0.4) is 0 Å². The maximum atomic E-state index is 5.41. The highest BCUT2D eigenvalue weighted by Crippen LogP contribution is 2.21. The van der Waals surface area contributed by atoms with Gasteiger partial charge in [-0.15, -0.1) is 0 Å². The summed E-state index contributed by atoms with van der Waals surface area (Å²) in [6.45, 7) is 5.25. The molecule has 2 heterocycles. The van der Waals surface area contributed by atoms with Crippen LogP contribution in [0.1, 0.15) is 13.8 Å². The van der Waals surface area contributed by atoms with Crippen LogP contribution in [0.5, 0.6) is 5.88 Å². The summed E-state index contributed by atoms with van der Waals surface area (Å²) in [5, 5.41) is 10.5. The van der Waals surface area contributed by atoms with E-state index in [-0.39, 0.29) is 0 Å². The molecule has 0 aliphatic rings. The number of fused-ring (bicyclic) bond motifs is 1. The first kappa shape index (κ1) is 9.70. The predicted molar refractivity (Wildman–Crippen MR) is 57.0 cm³/mol. The lowest BCUT2D eigenvalue weighted by Gasteiger charge is -2.05. The van der Waals surface area contributed by atoms with Gasteiger partial charge in [-0.1, -0.05) is 0 Å². The van der Waals surface area contributed by atoms with Gasteiger partial charge in [0.25, 0.3) is 0 Å². The van der Waals surface area contributed by atoms with E-state index < -0.39 is 0 Å². The van der Waals surface area contributed by atoms with E-state index in [1.807, 2.05) is 13.8 Å². The maximum Gasteiger partial charge on any atom is 0.229 e. The molecule has 0 aromatic carbocycles. The molecular weight excluding hydrogens is 194 g/mol. The second-order valence-corrected chi connectivity index (χ2v) is 2.95. The third-order valence-electron chi connectivity index (χ3n) is 1.89. The van der Waals surface area contributed by atoms with Gasteiger partial charge in [0.15, 0.2) is 5.65 Å². The van der Waals surface area contributed by atoms with Crippen LogP contribution in [0, 0.1) is 0 Å². The number of nitrogens with zero attached hydrogens (tertiary/aromatic N) is 3. The monoisotopic (exact) mass is 207 g/mol. The van der Waals surface area contributed by atoms with Crippen LogP contribution in [0.2, 0.25) is 0 Å². The summed E-state index contributed by atoms with van der Waals surface area (Å²) in [4.78, 5) is 8.50. The lowest BCUT2D eigenvalue weighted by molar-refractivity contribution is 0.331. The zero-order chi connectivity index (χ0) is 10.7. The Labute approximate surface area is 87.1 Å². The molecule has 2 rings (SSSR count). The molecule has 0 aliphatic carbocycles. The average molecular weight is 207 g/mol. The number of aromatic amines is 1. The molecular formula is C9H13N5O. The van der Waals surface area contributed by atoms with Gasteiger partial charge in [-0.05, 0) is 13.8 Å². The number of nitrogens with one attached hydrogen (secondary N) is 2. The molecule has 2 aromatic heterocycles. The Morgan fingerprint density at radius 3 is 3.00 bits per heavy atom. The van der Waals surface area contributed by atoms with Crippen molar-refractivity contribution < 1.29 is 4.74 Å². The molecule has 0 unspecified atom stereocenters. The molecule has 2 N–H and O–H groups in total. The first-order valence-corrected chi connectivity index (χ1v) is 4.93. The number of hydrogen-bond acceptors (Lipinski definition) is 5. The smallest absolute Gasteiger partial charge is 0.229 e. The topological polar surface area (TPSA) is 75.7 Å². The quantitative estimate of drug-likeness (QED) is 0.787. The van der Waals surface area contributed by atoms with E-state index in [1.165, 1.54) is 0 Å². The predicted octanol–water partition coefficient (Wildman–Crippen LogP) is 1.18. The summed E-state index contributed by atoms with van der Waals surface area (Å²) in [6, 6.07) is 0. The Kier molecular flexibility index (Phi) is 2.66. The minimum absolute atomic E-state index is 0.553. The van der Waals surface area contributed by atoms with Gasteiger partial charge in [0.1, 0.15) is 5.39 Å². The van der Waals surface area contributed by atoms with Gasteiger partial charge in [-0.2, -0.15) is 15.1 Å². The number of hydrogen-bond donors (Lipinski definition) is 2. The van der Waals surface area contributed by atoms with Gasteiger partial charge in [0.2, 0.25) is 11.8 Å². The Morgan fingerprint density at radius 2 is 2.27 bits per heavy atom. The van der Waals surface area contributed by atoms with Crippen molar-refractivity contribution in [3.63, 3.8) is 0 Å². The van der Waals surface area contributed by atoms with Crippen molar-refractivity contribution in [1.29, 1.82) is 0 Å². The van der Waals surface area contributed by atoms with Gasteiger partial charge >= 0.3 is 0 Å². The van der Waals surface area contributed by atoms with E-state index in [4.69, 9.17) is 4.74 Å². The standard InChI is InChI=1S/C9H13N5O/c1-3-10-9-12-7-6(5-11-14-7)8(13-9)15-4-2/h5H,3-4H2,1-2H3,(H2,10,11,12,13,14). The van der Waals surface area contributed by atoms with Crippen molar-refractivity contribution in [3.05, 3.63) is 6.20 Å². The summed E-state index contributed by atoms with van der Waals surface area (Å²) in [7, 11) is 0. The van der Waals surface area contributed by atoms with Crippen LogP contribution in [-0.2, 0) is 0 Å². The van der Waals surface area contributed by atoms with E-state index in [1.54, 1.807) is 6.20 Å². The van der Waals surface area contributed by atoms with Gasteiger partial charge < -0.3 is 10.1 Å². The molecule has 0 amide bonds. The summed E-state index contributed by atoms with van der Waals surface area (Å²) >= 11 is 0. The molecule has 0 saturated carbocycles. The second-order valence-electron chi connectivity index (χ2n) is 2.95. The third-order valence-corrected chi connectivity index (χ3v) is 1.89. The van der Waals surface area contributed by atoms with Gasteiger partial charge in [0.05, 0.1) is 12.8 Å². The minimum atomic E-state index is 0.553. The van der Waals surface area contributed by atoms with E-state index in [0.29, 0.717) is 24.1 Å². The van der Waals surface area contributed by atoms with Gasteiger partial charge in [0, 0.05) is 6.54 Å². The molecule has 15 heavy (non-hydrogen) atoms. The number of anilines is 1. The summed E-state index contributed by atoms with van der Waals surface area (Å²) in [6.07, 6.45) is 1.66. The molecule has 80 valence electrons. The van der Waals surface area contributed by atoms with Crippen LogP contribution < -0.4 is 10.1 Å². The molecule has 0 spiro atoms. The lowest BCUT2D eigenvalue weighted by Crippen LogP contribution is -2.04. The summed E-state index contributed by atoms with van der Waals surface area (Å²) in [5.41, 5.74) is 0.685. The molecule has 6 nitrogen and oxygen atoms in total. The van der Waals surface area contributed by atoms with E-state index in [9.17, 15) is 0 Å². The Balaban J connectivity index is 2.48. The molecule has 0 fully saturated rings. The Bertz CT molecular complexity index is 453. The van der Waals surface area contributed by atoms with Crippen LogP contribution in [0.4, 0.5) is 5.95 Å². The highest BCUT2D eigenvalue weighted by atomic mass is 16.5. The number of aromatic nitrogens is 4. The SMILES string of the molecule is CCNc1nc(OCC)c2cn[nH]c2n1. The second kappa shape index (κ2) is 4.12. The van der Waals surface area contributed by atoms with Gasteiger partial charge in [-0.25, -0.2) is 0 Å². The van der Waals surface area contributed by atoms with E-state index in [0.717, 1.165) is 11.9 Å². The molecule has 0 radical (unpaired) electrons. The van der Waals surface area contributed by atoms with Crippen LogP contribution >= 0.6 is 0 Å². The normalized spacial score (nSPS) is 10.5. The summed E-state index contributed by atoms with van der Waals surface area (Å²) < 4.78 is 5.41. The molecule has 0 bridgehead atoms. The zero-order valence-corrected chi connectivity index (χ0v) is 8.74. The van der Waals surface area contributed by atoms with Crippen molar-refractivity contribution in [3.8, 4) is 5.88 Å². The fraction of sp³-hybridized carbons (Fsp3) is 0.444. The highest BCUT2D eigenvalue weighted by Gasteiger charge is 2.09. The van der Waals surface area contributed by atoms with Crippen molar-refractivity contribution in [2.45, 2.75) is 13.8 Å². The van der Waals surface area contributed by atoms with E-state index in [2.05, 4.69) is 25.5 Å². The van der Waals surface area contributed by atoms with Crippen LogP contribution in [0.25, 0.3) is 11.0 Å². The average Bonchev–Trinajstić information content (AvgIpc) is 2.67. The molecule has 2 aromatic rings. The van der Waals surface area contributed by atoms with Crippen molar-refractivity contribution >= 4 is 17.0 Å². The Hall–Kier alpha value is -1.85. The Morgan fingerprint density at radius 1 is 1.40 bits per heavy atom. The van der Waals surface area contributed by atoms with Crippen molar-refractivity contribution in [2.75, 3.05) is 18.5 Å². The van der Waals surface area contributed by atoms with Gasteiger partial charge in [-0.3, -0.25) is 5.10 Å². The lowest BCUT2D eigenvalue weighted by atomic mass is 10.4. The molecule has 0 saturated heterocycles. The minimum Gasteiger partial charge on any atom is -0.477 e. The van der Waals surface area contributed by atoms with Crippen LogP contribution in [0.15, 0.2) is 6.20 Å². The first-order valence-electron chi connectivity index (χ1n) is 4.93. The first-order chi connectivity index (χ1) is 7.35. The fourth-order valence-corrected chi connectivity index (χ4v) is 1.29. The van der Waals surface area contributed by atoms with Crippen molar-refractivity contribution in [2.24, 2.45) is 0 Å². The highest BCUT2D eigenvalue weighted by molar-refractivity contribution is 5.80. The largest absolute Gasteiger partial charge is 0.477 e. The van der Waals surface area contributed by atoms with Crippen molar-refractivity contribution in [1.82, 2.24) is 20.2 Å². The third kappa shape index (κ3) is 1.83. The number of ether oxygens (including phenoxy) is 1. The molecule has 0 atom stereocenters. The zero-order valence-electron chi connectivity index (χ0n) is 8.74. The maximum absolute atomic E-state index is 5.41. The molecule has 0 aliphatic heterocycles.